The summed E-state index contributed by atoms with van der Waals surface area (Å²) in [6.07, 6.45) is -4.57. The Morgan fingerprint density at radius 3 is 2.38 bits per heavy atom. The Bertz CT molecular complexity index is 650. The molecule has 1 aromatic carbocycles. The number of guanidine groups is 2. The van der Waals surface area contributed by atoms with E-state index in [0.717, 1.165) is 25.2 Å². The van der Waals surface area contributed by atoms with E-state index in [2.05, 4.69) is 14.9 Å². The van der Waals surface area contributed by atoms with Gasteiger partial charge in [-0.2, -0.15) is 18.2 Å². The fourth-order valence-corrected chi connectivity index (χ4v) is 2.41. The first-order valence-corrected chi connectivity index (χ1v) is 7.53. The molecule has 0 radical (unpaired) electrons. The number of hydrogen-bond donors (Lipinski definition) is 2. The van der Waals surface area contributed by atoms with Gasteiger partial charge < -0.3 is 21.3 Å². The Balaban J connectivity index is 2.17. The first kappa shape index (κ1) is 18.3. The van der Waals surface area contributed by atoms with Crippen LogP contribution in [-0.4, -0.2) is 54.9 Å². The van der Waals surface area contributed by atoms with Crippen LogP contribution in [0.1, 0.15) is 5.56 Å². The Labute approximate surface area is 142 Å². The molecule has 0 bridgehead atoms. The molecule has 1 aromatic rings. The minimum atomic E-state index is -4.57. The zero-order valence-corrected chi connectivity index (χ0v) is 13.8. The molecule has 0 aliphatic carbocycles. The van der Waals surface area contributed by atoms with Crippen molar-refractivity contribution in [3.05, 3.63) is 28.8 Å². The van der Waals surface area contributed by atoms with Gasteiger partial charge in [0.1, 0.15) is 0 Å². The normalized spacial score (nSPS) is 18.1. The molecule has 1 saturated heterocycles. The molecule has 1 heterocycles. The number of aliphatic imine (C=N–C) groups is 2. The van der Waals surface area contributed by atoms with E-state index in [9.17, 15) is 13.2 Å². The van der Waals surface area contributed by atoms with Crippen LogP contribution in [0.25, 0.3) is 0 Å². The van der Waals surface area contributed by atoms with Crippen molar-refractivity contribution in [3.8, 4) is 0 Å². The van der Waals surface area contributed by atoms with E-state index in [4.69, 9.17) is 23.1 Å². The van der Waals surface area contributed by atoms with E-state index in [1.165, 1.54) is 6.07 Å². The van der Waals surface area contributed by atoms with Crippen LogP contribution in [0.15, 0.2) is 28.2 Å². The second-order valence-corrected chi connectivity index (χ2v) is 5.80. The lowest BCUT2D eigenvalue weighted by Crippen LogP contribution is -2.50. The Morgan fingerprint density at radius 2 is 1.79 bits per heavy atom. The molecule has 0 atom stereocenters. The molecular weight excluding hydrogens is 345 g/mol. The number of nitrogens with two attached hydrogens (primary N) is 2. The average molecular weight is 363 g/mol. The summed E-state index contributed by atoms with van der Waals surface area (Å²) in [5, 5.41) is -0.402. The summed E-state index contributed by atoms with van der Waals surface area (Å²) in [5.74, 6) is -0.0313. The molecule has 1 fully saturated rings. The van der Waals surface area contributed by atoms with Crippen LogP contribution in [0.2, 0.25) is 5.02 Å². The van der Waals surface area contributed by atoms with Crippen LogP contribution in [-0.2, 0) is 6.18 Å². The highest BCUT2D eigenvalue weighted by Crippen LogP contribution is 2.36. The first-order chi connectivity index (χ1) is 11.2. The smallest absolute Gasteiger partial charge is 0.369 e. The second-order valence-electron chi connectivity index (χ2n) is 5.39. The highest BCUT2D eigenvalue weighted by molar-refractivity contribution is 6.31. The van der Waals surface area contributed by atoms with Gasteiger partial charge in [-0.05, 0) is 25.2 Å². The van der Waals surface area contributed by atoms with Gasteiger partial charge in [-0.3, -0.25) is 0 Å². The van der Waals surface area contributed by atoms with Crippen LogP contribution in [0.5, 0.6) is 0 Å². The molecule has 0 unspecified atom stereocenters. The summed E-state index contributed by atoms with van der Waals surface area (Å²) in [6, 6.07) is 3.26. The molecule has 0 saturated carbocycles. The van der Waals surface area contributed by atoms with Crippen LogP contribution < -0.4 is 11.5 Å². The van der Waals surface area contributed by atoms with Crippen LogP contribution >= 0.6 is 11.6 Å². The summed E-state index contributed by atoms with van der Waals surface area (Å²) in [6.45, 7) is 3.05. The molecule has 0 aromatic heterocycles. The fraction of sp³-hybridized carbons (Fsp3) is 0.429. The maximum atomic E-state index is 12.8. The number of benzene rings is 1. The molecule has 0 spiro atoms. The van der Waals surface area contributed by atoms with Gasteiger partial charge >= 0.3 is 6.18 Å². The summed E-state index contributed by atoms with van der Waals surface area (Å²) in [7, 11) is 2.00. The summed E-state index contributed by atoms with van der Waals surface area (Å²) >= 11 is 5.56. The van der Waals surface area contributed by atoms with Gasteiger partial charge in [0.2, 0.25) is 5.96 Å². The second kappa shape index (κ2) is 7.27. The third-order valence-corrected chi connectivity index (χ3v) is 3.88. The molecular formula is C14H18ClF3N6. The van der Waals surface area contributed by atoms with Gasteiger partial charge in [-0.1, -0.05) is 11.6 Å². The molecule has 0 amide bonds. The molecule has 4 N–H and O–H groups in total. The van der Waals surface area contributed by atoms with E-state index in [-0.39, 0.29) is 17.6 Å². The van der Waals surface area contributed by atoms with Gasteiger partial charge in [0.05, 0.1) is 16.3 Å². The fourth-order valence-electron chi connectivity index (χ4n) is 2.18. The summed E-state index contributed by atoms with van der Waals surface area (Å²) < 4.78 is 38.5. The number of nitrogens with zero attached hydrogens (tertiary/aromatic N) is 4. The number of rotatable bonds is 1. The molecule has 24 heavy (non-hydrogen) atoms. The number of piperazine rings is 1. The van der Waals surface area contributed by atoms with Gasteiger partial charge in [0.25, 0.3) is 0 Å². The van der Waals surface area contributed by atoms with Crippen molar-refractivity contribution in [3.63, 3.8) is 0 Å². The highest BCUT2D eigenvalue weighted by Gasteiger charge is 2.33. The third-order valence-electron chi connectivity index (χ3n) is 3.56. The van der Waals surface area contributed by atoms with Crippen molar-refractivity contribution in [1.29, 1.82) is 0 Å². The molecule has 1 aliphatic rings. The van der Waals surface area contributed by atoms with Gasteiger partial charge in [-0.15, -0.1) is 0 Å². The van der Waals surface area contributed by atoms with E-state index >= 15 is 0 Å². The van der Waals surface area contributed by atoms with E-state index in [1.54, 1.807) is 0 Å². The highest BCUT2D eigenvalue weighted by atomic mass is 35.5. The van der Waals surface area contributed by atoms with E-state index in [1.807, 2.05) is 11.9 Å². The Hall–Kier alpha value is -2.00. The zero-order chi connectivity index (χ0) is 17.9. The third kappa shape index (κ3) is 4.75. The van der Waals surface area contributed by atoms with E-state index < -0.39 is 16.8 Å². The lowest BCUT2D eigenvalue weighted by Gasteiger charge is -2.32. The molecule has 6 nitrogen and oxygen atoms in total. The minimum Gasteiger partial charge on any atom is -0.369 e. The summed E-state index contributed by atoms with van der Waals surface area (Å²) in [5.41, 5.74) is 10.6. The van der Waals surface area contributed by atoms with E-state index in [0.29, 0.717) is 13.1 Å². The quantitative estimate of drug-likeness (QED) is 0.590. The monoisotopic (exact) mass is 362 g/mol. The van der Waals surface area contributed by atoms with Crippen LogP contribution in [0.4, 0.5) is 18.9 Å². The largest absolute Gasteiger partial charge is 0.417 e. The molecule has 10 heteroatoms. The predicted molar refractivity (Wildman–Crippen MR) is 88.4 cm³/mol. The van der Waals surface area contributed by atoms with Crippen LogP contribution in [0.3, 0.4) is 0 Å². The van der Waals surface area contributed by atoms with Crippen molar-refractivity contribution < 1.29 is 13.2 Å². The molecule has 132 valence electrons. The minimum absolute atomic E-state index is 0.000785. The van der Waals surface area contributed by atoms with Crippen molar-refractivity contribution in [2.75, 3.05) is 33.2 Å². The van der Waals surface area contributed by atoms with Crippen LogP contribution in [0, 0.1) is 0 Å². The van der Waals surface area contributed by atoms with Crippen molar-refractivity contribution in [2.45, 2.75) is 6.18 Å². The van der Waals surface area contributed by atoms with Gasteiger partial charge in [0, 0.05) is 26.2 Å². The van der Waals surface area contributed by atoms with Gasteiger partial charge in [-0.25, -0.2) is 4.99 Å². The van der Waals surface area contributed by atoms with Crippen molar-refractivity contribution >= 4 is 29.2 Å². The van der Waals surface area contributed by atoms with Crippen molar-refractivity contribution in [1.82, 2.24) is 9.80 Å². The number of halogens is 4. The average Bonchev–Trinajstić information content (AvgIpc) is 2.48. The van der Waals surface area contributed by atoms with Crippen molar-refractivity contribution in [2.24, 2.45) is 21.5 Å². The Morgan fingerprint density at radius 1 is 1.17 bits per heavy atom. The summed E-state index contributed by atoms with van der Waals surface area (Å²) in [4.78, 5) is 11.8. The zero-order valence-electron chi connectivity index (χ0n) is 13.0. The topological polar surface area (TPSA) is 83.2 Å². The molecule has 2 rings (SSSR count). The standard InChI is InChI=1S/C14H18ClF3N6/c1-23-4-6-24(7-5-23)13(20)22-12(19)21-9-2-3-11(15)10(8-9)14(16,17)18/h2-3,8H,4-7H2,1H3,(H4,19,20,21,22). The predicted octanol–water partition coefficient (Wildman–Crippen LogP) is 1.87. The maximum absolute atomic E-state index is 12.8. The maximum Gasteiger partial charge on any atom is 0.417 e. The lowest BCUT2D eigenvalue weighted by atomic mass is 10.2. The first-order valence-electron chi connectivity index (χ1n) is 7.15. The number of alkyl halides is 3. The lowest BCUT2D eigenvalue weighted by molar-refractivity contribution is -0.137. The molecule has 1 aliphatic heterocycles. The Kier molecular flexibility index (Phi) is 5.55. The van der Waals surface area contributed by atoms with Gasteiger partial charge in [0.15, 0.2) is 5.96 Å². The number of hydrogen-bond acceptors (Lipinski definition) is 2. The number of likely N-dealkylation sites (N-methyl/N-ethyl adjacent to an activating group) is 1. The SMILES string of the molecule is CN1CCN(C(N)=NC(N)=Nc2ccc(Cl)c(C(F)(F)F)c2)CC1.